The Morgan fingerprint density at radius 2 is 2.38 bits per heavy atom. The summed E-state index contributed by atoms with van der Waals surface area (Å²) in [7, 11) is 1.53. The molecule has 0 aliphatic rings. The van der Waals surface area contributed by atoms with E-state index in [9.17, 15) is 0 Å². The Kier molecular flexibility index (Phi) is 1.87. The van der Waals surface area contributed by atoms with Crippen molar-refractivity contribution in [3.63, 3.8) is 0 Å². The predicted octanol–water partition coefficient (Wildman–Crippen LogP) is 0.535. The second-order valence-corrected chi connectivity index (χ2v) is 2.22. The van der Waals surface area contributed by atoms with Crippen molar-refractivity contribution in [2.45, 2.75) is 0 Å². The molecule has 0 unspecified atom stereocenters. The minimum atomic E-state index is 0.431. The summed E-state index contributed by atoms with van der Waals surface area (Å²) in [6, 6.07) is 1.65. The van der Waals surface area contributed by atoms with E-state index in [4.69, 9.17) is 4.74 Å². The maximum atomic E-state index is 4.92. The molecule has 0 radical (unpaired) electrons. The Hall–Kier alpha value is -1.98. The number of hydrogen-bond acceptors (Lipinski definition) is 6. The number of nitrogens with zero attached hydrogens (tertiary/aromatic N) is 4. The van der Waals surface area contributed by atoms with Crippen molar-refractivity contribution in [3.05, 3.63) is 18.5 Å². The highest BCUT2D eigenvalue weighted by molar-refractivity contribution is 5.46. The molecule has 6 heteroatoms. The second kappa shape index (κ2) is 3.18. The van der Waals surface area contributed by atoms with Gasteiger partial charge in [0.05, 0.1) is 7.11 Å². The lowest BCUT2D eigenvalue weighted by molar-refractivity contribution is 0.308. The largest absolute Gasteiger partial charge is 0.481 e. The smallest absolute Gasteiger partial charge is 0.216 e. The first-order chi connectivity index (χ1) is 6.40. The summed E-state index contributed by atoms with van der Waals surface area (Å²) in [6.45, 7) is 0. The third-order valence-corrected chi connectivity index (χ3v) is 1.43. The molecule has 0 aromatic carbocycles. The van der Waals surface area contributed by atoms with E-state index < -0.39 is 0 Å². The molecule has 2 aromatic heterocycles. The molecule has 2 rings (SSSR count). The average Bonchev–Trinajstić information content (AvgIpc) is 2.71. The summed E-state index contributed by atoms with van der Waals surface area (Å²) in [4.78, 5) is 8.01. The molecule has 0 N–H and O–H groups in total. The fourth-order valence-electron chi connectivity index (χ4n) is 0.842. The summed E-state index contributed by atoms with van der Waals surface area (Å²) in [5, 5.41) is 7.04. The first kappa shape index (κ1) is 7.66. The highest BCUT2D eigenvalue weighted by Crippen LogP contribution is 2.12. The number of aromatic nitrogens is 4. The van der Waals surface area contributed by atoms with Crippen molar-refractivity contribution in [2.24, 2.45) is 0 Å². The van der Waals surface area contributed by atoms with Gasteiger partial charge in [-0.2, -0.15) is 4.98 Å². The number of methoxy groups -OCH3 is 1. The molecule has 66 valence electrons. The van der Waals surface area contributed by atoms with Gasteiger partial charge in [0, 0.05) is 12.3 Å². The maximum Gasteiger partial charge on any atom is 0.216 e. The Morgan fingerprint density at radius 3 is 3.08 bits per heavy atom. The Bertz CT molecular complexity index is 387. The molecule has 0 atom stereocenters. The Morgan fingerprint density at radius 1 is 1.46 bits per heavy atom. The van der Waals surface area contributed by atoms with Crippen LogP contribution in [0.2, 0.25) is 0 Å². The van der Waals surface area contributed by atoms with Gasteiger partial charge in [-0.05, 0) is 5.16 Å². The number of ether oxygens (including phenoxy) is 1. The van der Waals surface area contributed by atoms with E-state index in [-0.39, 0.29) is 0 Å². The topological polar surface area (TPSA) is 73.9 Å². The summed E-state index contributed by atoms with van der Waals surface area (Å²) in [5.41, 5.74) is 0.485. The van der Waals surface area contributed by atoms with E-state index in [0.29, 0.717) is 17.4 Å². The van der Waals surface area contributed by atoms with Crippen molar-refractivity contribution in [1.82, 2.24) is 20.3 Å². The van der Waals surface area contributed by atoms with Gasteiger partial charge in [0.25, 0.3) is 0 Å². The van der Waals surface area contributed by atoms with Gasteiger partial charge in [0.2, 0.25) is 5.88 Å². The summed E-state index contributed by atoms with van der Waals surface area (Å²) in [5.74, 6) is 0.911. The van der Waals surface area contributed by atoms with Gasteiger partial charge >= 0.3 is 0 Å². The van der Waals surface area contributed by atoms with Gasteiger partial charge in [0.1, 0.15) is 6.20 Å². The van der Waals surface area contributed by atoms with Gasteiger partial charge < -0.3 is 4.74 Å². The SMILES string of the molecule is COc1ccnc(-c2cnon2)n1. The zero-order valence-electron chi connectivity index (χ0n) is 6.84. The zero-order valence-corrected chi connectivity index (χ0v) is 6.84. The minimum Gasteiger partial charge on any atom is -0.481 e. The number of hydrogen-bond donors (Lipinski definition) is 0. The van der Waals surface area contributed by atoms with Crippen LogP contribution in [-0.2, 0) is 0 Å². The summed E-state index contributed by atoms with van der Waals surface area (Å²) in [6.07, 6.45) is 3.02. The third-order valence-electron chi connectivity index (χ3n) is 1.43. The van der Waals surface area contributed by atoms with Crippen molar-refractivity contribution >= 4 is 0 Å². The van der Waals surface area contributed by atoms with Gasteiger partial charge in [-0.15, -0.1) is 0 Å². The lowest BCUT2D eigenvalue weighted by atomic mass is 10.4. The van der Waals surface area contributed by atoms with E-state index in [1.165, 1.54) is 13.3 Å². The average molecular weight is 178 g/mol. The molecule has 0 aliphatic carbocycles. The first-order valence-electron chi connectivity index (χ1n) is 3.55. The van der Waals surface area contributed by atoms with E-state index in [0.717, 1.165) is 0 Å². The van der Waals surface area contributed by atoms with Crippen LogP contribution in [0.25, 0.3) is 11.5 Å². The first-order valence-corrected chi connectivity index (χ1v) is 3.55. The van der Waals surface area contributed by atoms with Crippen LogP contribution in [0, 0.1) is 0 Å². The Balaban J connectivity index is 2.41. The molecule has 0 amide bonds. The second-order valence-electron chi connectivity index (χ2n) is 2.22. The van der Waals surface area contributed by atoms with Crippen LogP contribution in [0.5, 0.6) is 5.88 Å². The molecule has 0 bridgehead atoms. The quantitative estimate of drug-likeness (QED) is 0.667. The summed E-state index contributed by atoms with van der Waals surface area (Å²) < 4.78 is 9.34. The predicted molar refractivity (Wildman–Crippen MR) is 41.9 cm³/mol. The Labute approximate surface area is 73.5 Å². The normalized spacial score (nSPS) is 9.92. The molecule has 2 aromatic rings. The van der Waals surface area contributed by atoms with Crippen molar-refractivity contribution in [3.8, 4) is 17.4 Å². The molecule has 0 saturated carbocycles. The molecular formula is C7H6N4O2. The number of rotatable bonds is 2. The van der Waals surface area contributed by atoms with E-state index in [2.05, 4.69) is 24.9 Å². The summed E-state index contributed by atoms with van der Waals surface area (Å²) >= 11 is 0. The van der Waals surface area contributed by atoms with Crippen LogP contribution in [0.4, 0.5) is 0 Å². The molecule has 0 fully saturated rings. The van der Waals surface area contributed by atoms with Crippen LogP contribution in [0.1, 0.15) is 0 Å². The highest BCUT2D eigenvalue weighted by Gasteiger charge is 2.05. The van der Waals surface area contributed by atoms with E-state index in [1.807, 2.05) is 0 Å². The lowest BCUT2D eigenvalue weighted by Crippen LogP contribution is -1.92. The van der Waals surface area contributed by atoms with Crippen LogP contribution in [0.3, 0.4) is 0 Å². The van der Waals surface area contributed by atoms with Crippen LogP contribution in [0.15, 0.2) is 23.1 Å². The maximum absolute atomic E-state index is 4.92. The molecule has 6 nitrogen and oxygen atoms in total. The van der Waals surface area contributed by atoms with Gasteiger partial charge in [-0.3, -0.25) is 0 Å². The van der Waals surface area contributed by atoms with E-state index >= 15 is 0 Å². The fraction of sp³-hybridized carbons (Fsp3) is 0.143. The molecule has 2 heterocycles. The molecule has 0 aliphatic heterocycles. The van der Waals surface area contributed by atoms with Crippen molar-refractivity contribution < 1.29 is 9.37 Å². The molecule has 0 spiro atoms. The van der Waals surface area contributed by atoms with Crippen molar-refractivity contribution in [1.29, 1.82) is 0 Å². The third kappa shape index (κ3) is 1.46. The monoisotopic (exact) mass is 178 g/mol. The van der Waals surface area contributed by atoms with Gasteiger partial charge in [-0.25, -0.2) is 9.61 Å². The van der Waals surface area contributed by atoms with E-state index in [1.54, 1.807) is 12.3 Å². The van der Waals surface area contributed by atoms with Gasteiger partial charge in [0.15, 0.2) is 11.5 Å². The molecular weight excluding hydrogens is 172 g/mol. The molecule has 13 heavy (non-hydrogen) atoms. The highest BCUT2D eigenvalue weighted by atomic mass is 16.6. The van der Waals surface area contributed by atoms with Crippen molar-refractivity contribution in [2.75, 3.05) is 7.11 Å². The van der Waals surface area contributed by atoms with Crippen LogP contribution >= 0.6 is 0 Å². The lowest BCUT2D eigenvalue weighted by Gasteiger charge is -1.97. The standard InChI is InChI=1S/C7H6N4O2/c1-12-6-2-3-8-7(10-6)5-4-9-13-11-5/h2-4H,1H3. The van der Waals surface area contributed by atoms with Crippen LogP contribution in [-0.4, -0.2) is 27.4 Å². The fourth-order valence-corrected chi connectivity index (χ4v) is 0.842. The molecule has 0 saturated heterocycles. The minimum absolute atomic E-state index is 0.431. The zero-order chi connectivity index (χ0) is 9.10. The van der Waals surface area contributed by atoms with Crippen LogP contribution < -0.4 is 4.74 Å². The van der Waals surface area contributed by atoms with Gasteiger partial charge in [-0.1, -0.05) is 5.16 Å².